The zero-order valence-electron chi connectivity index (χ0n) is 30.2. The van der Waals surface area contributed by atoms with Crippen LogP contribution in [0.3, 0.4) is 0 Å². The number of hydrogen-bond donors (Lipinski definition) is 0. The SMILES string of the molecule is c1ccc(-c2ccccc2N(c2ccc3c(ccc4ccccc43)c2)c2cc(-c3cccc4c3ccc3c5ccccc5ccc43)cc3ccccc23)cc1. The van der Waals surface area contributed by atoms with Crippen LogP contribution < -0.4 is 4.90 Å². The maximum atomic E-state index is 2.48. The highest BCUT2D eigenvalue weighted by Gasteiger charge is 2.21. The van der Waals surface area contributed by atoms with Crippen molar-refractivity contribution >= 4 is 81.7 Å². The Morgan fingerprint density at radius 1 is 0.236 bits per heavy atom. The molecule has 0 radical (unpaired) electrons. The molecule has 0 heterocycles. The van der Waals surface area contributed by atoms with Crippen molar-refractivity contribution in [1.29, 1.82) is 0 Å². The molecule has 1 nitrogen and oxygen atoms in total. The number of benzene rings is 11. The van der Waals surface area contributed by atoms with Crippen LogP contribution in [0.15, 0.2) is 212 Å². The van der Waals surface area contributed by atoms with E-state index in [1.807, 2.05) is 0 Å². The molecular formula is C54H35N. The largest absolute Gasteiger partial charge is 0.309 e. The molecule has 0 N–H and O–H groups in total. The Hall–Kier alpha value is -7.22. The van der Waals surface area contributed by atoms with E-state index in [0.29, 0.717) is 0 Å². The Morgan fingerprint density at radius 2 is 0.745 bits per heavy atom. The predicted octanol–water partition coefficient (Wildman–Crippen LogP) is 15.4. The van der Waals surface area contributed by atoms with Gasteiger partial charge in [-0.15, -0.1) is 0 Å². The van der Waals surface area contributed by atoms with Gasteiger partial charge in [-0.2, -0.15) is 0 Å². The van der Waals surface area contributed by atoms with E-state index < -0.39 is 0 Å². The molecule has 0 fully saturated rings. The quantitative estimate of drug-likeness (QED) is 0.162. The Bertz CT molecular complexity index is 3270. The highest BCUT2D eigenvalue weighted by Crippen LogP contribution is 2.47. The number of nitrogens with zero attached hydrogens (tertiary/aromatic N) is 1. The van der Waals surface area contributed by atoms with Crippen molar-refractivity contribution in [3.05, 3.63) is 212 Å². The van der Waals surface area contributed by atoms with Crippen LogP contribution in [0, 0.1) is 0 Å². The number of hydrogen-bond acceptors (Lipinski definition) is 1. The van der Waals surface area contributed by atoms with E-state index in [-0.39, 0.29) is 0 Å². The van der Waals surface area contributed by atoms with Crippen LogP contribution >= 0.6 is 0 Å². The van der Waals surface area contributed by atoms with Crippen LogP contribution in [0.5, 0.6) is 0 Å². The molecule has 0 amide bonds. The number of rotatable bonds is 5. The Kier molecular flexibility index (Phi) is 7.25. The van der Waals surface area contributed by atoms with Gasteiger partial charge in [-0.25, -0.2) is 0 Å². The smallest absolute Gasteiger partial charge is 0.0546 e. The van der Waals surface area contributed by atoms with E-state index in [1.165, 1.54) is 86.9 Å². The molecule has 0 aliphatic heterocycles. The van der Waals surface area contributed by atoms with Gasteiger partial charge in [-0.05, 0) is 106 Å². The topological polar surface area (TPSA) is 3.24 Å². The second kappa shape index (κ2) is 12.7. The van der Waals surface area contributed by atoms with Crippen molar-refractivity contribution in [1.82, 2.24) is 0 Å². The first-order chi connectivity index (χ1) is 27.3. The summed E-state index contributed by atoms with van der Waals surface area (Å²) in [7, 11) is 0. The van der Waals surface area contributed by atoms with Crippen LogP contribution in [0.25, 0.3) is 86.9 Å². The Balaban J connectivity index is 1.19. The first kappa shape index (κ1) is 31.3. The molecule has 0 atom stereocenters. The summed E-state index contributed by atoms with van der Waals surface area (Å²) >= 11 is 0. The molecule has 0 saturated carbocycles. The van der Waals surface area contributed by atoms with Crippen LogP contribution in [0.4, 0.5) is 17.1 Å². The molecular weight excluding hydrogens is 663 g/mol. The number of fused-ring (bicyclic) bond motifs is 9. The lowest BCUT2D eigenvalue weighted by molar-refractivity contribution is 1.30. The van der Waals surface area contributed by atoms with E-state index in [0.717, 1.165) is 17.1 Å². The third-order valence-electron chi connectivity index (χ3n) is 11.4. The minimum Gasteiger partial charge on any atom is -0.309 e. The standard InChI is InChI=1S/C54H35N/c1-2-13-36(14-3-1)47-20-10-11-24-53(47)55(42-28-30-46-40(34-42)26-25-37-15-4-7-18-43(37)46)54-35-41(33-39-17-6-9-21-48(39)54)45-22-12-23-49-51(45)32-31-50-44-19-8-5-16-38(44)27-29-52(49)50/h1-35H. The molecule has 0 aliphatic carbocycles. The summed E-state index contributed by atoms with van der Waals surface area (Å²) in [4.78, 5) is 2.48. The van der Waals surface area contributed by atoms with E-state index in [1.54, 1.807) is 0 Å². The van der Waals surface area contributed by atoms with Crippen molar-refractivity contribution < 1.29 is 0 Å². The van der Waals surface area contributed by atoms with Crippen molar-refractivity contribution in [2.75, 3.05) is 4.90 Å². The normalized spacial score (nSPS) is 11.6. The van der Waals surface area contributed by atoms with Gasteiger partial charge in [0.05, 0.1) is 11.4 Å². The second-order valence-electron chi connectivity index (χ2n) is 14.5. The summed E-state index contributed by atoms with van der Waals surface area (Å²) in [6.07, 6.45) is 0. The molecule has 0 aromatic heterocycles. The second-order valence-corrected chi connectivity index (χ2v) is 14.5. The van der Waals surface area contributed by atoms with Gasteiger partial charge in [0.15, 0.2) is 0 Å². The number of anilines is 3. The monoisotopic (exact) mass is 697 g/mol. The summed E-state index contributed by atoms with van der Waals surface area (Å²) in [5.74, 6) is 0. The maximum Gasteiger partial charge on any atom is 0.0546 e. The molecule has 0 aliphatic rings. The van der Waals surface area contributed by atoms with Gasteiger partial charge in [0.1, 0.15) is 0 Å². The molecule has 0 bridgehead atoms. The van der Waals surface area contributed by atoms with Crippen molar-refractivity contribution in [2.24, 2.45) is 0 Å². The highest BCUT2D eigenvalue weighted by atomic mass is 15.1. The Morgan fingerprint density at radius 3 is 1.58 bits per heavy atom. The summed E-state index contributed by atoms with van der Waals surface area (Å²) < 4.78 is 0. The lowest BCUT2D eigenvalue weighted by atomic mass is 9.91. The van der Waals surface area contributed by atoms with Gasteiger partial charge in [0, 0.05) is 16.6 Å². The third-order valence-corrected chi connectivity index (χ3v) is 11.4. The van der Waals surface area contributed by atoms with Gasteiger partial charge < -0.3 is 4.90 Å². The fraction of sp³-hybridized carbons (Fsp3) is 0. The number of para-hydroxylation sites is 1. The zero-order chi connectivity index (χ0) is 36.3. The molecule has 0 saturated heterocycles. The molecule has 11 aromatic rings. The maximum absolute atomic E-state index is 2.48. The third kappa shape index (κ3) is 5.16. The summed E-state index contributed by atoms with van der Waals surface area (Å²) in [6, 6.07) is 78.0. The van der Waals surface area contributed by atoms with Gasteiger partial charge in [-0.3, -0.25) is 0 Å². The highest BCUT2D eigenvalue weighted by molar-refractivity contribution is 6.20. The molecule has 11 rings (SSSR count). The van der Waals surface area contributed by atoms with Crippen LogP contribution in [-0.2, 0) is 0 Å². The van der Waals surface area contributed by atoms with Crippen molar-refractivity contribution in [3.63, 3.8) is 0 Å². The van der Waals surface area contributed by atoms with Gasteiger partial charge >= 0.3 is 0 Å². The molecule has 55 heavy (non-hydrogen) atoms. The Labute approximate surface area is 320 Å². The predicted molar refractivity (Wildman–Crippen MR) is 237 cm³/mol. The van der Waals surface area contributed by atoms with E-state index >= 15 is 0 Å². The fourth-order valence-corrected chi connectivity index (χ4v) is 8.82. The molecule has 256 valence electrons. The van der Waals surface area contributed by atoms with Gasteiger partial charge in [0.2, 0.25) is 0 Å². The summed E-state index contributed by atoms with van der Waals surface area (Å²) in [5.41, 5.74) is 8.16. The van der Waals surface area contributed by atoms with E-state index in [2.05, 4.69) is 217 Å². The average Bonchev–Trinajstić information content (AvgIpc) is 3.26. The molecule has 11 aromatic carbocycles. The van der Waals surface area contributed by atoms with E-state index in [9.17, 15) is 0 Å². The lowest BCUT2D eigenvalue weighted by Gasteiger charge is -2.30. The summed E-state index contributed by atoms with van der Waals surface area (Å²) in [5, 5.41) is 15.0. The zero-order valence-corrected chi connectivity index (χ0v) is 30.2. The van der Waals surface area contributed by atoms with Crippen molar-refractivity contribution in [3.8, 4) is 22.3 Å². The van der Waals surface area contributed by atoms with Gasteiger partial charge in [0.25, 0.3) is 0 Å². The minimum atomic E-state index is 1.12. The summed E-state index contributed by atoms with van der Waals surface area (Å²) in [6.45, 7) is 0. The lowest BCUT2D eigenvalue weighted by Crippen LogP contribution is -2.12. The molecule has 1 heteroatoms. The molecule has 0 spiro atoms. The fourth-order valence-electron chi connectivity index (χ4n) is 8.82. The van der Waals surface area contributed by atoms with Crippen molar-refractivity contribution in [2.45, 2.75) is 0 Å². The van der Waals surface area contributed by atoms with Crippen LogP contribution in [0.2, 0.25) is 0 Å². The van der Waals surface area contributed by atoms with Gasteiger partial charge in [-0.1, -0.05) is 182 Å². The van der Waals surface area contributed by atoms with E-state index in [4.69, 9.17) is 0 Å². The first-order valence-corrected chi connectivity index (χ1v) is 19.0. The van der Waals surface area contributed by atoms with Crippen LogP contribution in [0.1, 0.15) is 0 Å². The average molecular weight is 698 g/mol. The first-order valence-electron chi connectivity index (χ1n) is 19.0. The van der Waals surface area contributed by atoms with Crippen LogP contribution in [-0.4, -0.2) is 0 Å². The molecule has 0 unspecified atom stereocenters. The minimum absolute atomic E-state index is 1.12.